The molecule has 6 nitrogen and oxygen atoms in total. The predicted molar refractivity (Wildman–Crippen MR) is 136 cm³/mol. The van der Waals surface area contributed by atoms with Crippen LogP contribution in [-0.4, -0.2) is 50.3 Å². The van der Waals surface area contributed by atoms with E-state index in [0.29, 0.717) is 24.3 Å². The quantitative estimate of drug-likeness (QED) is 0.531. The number of nitrogens with one attached hydrogen (secondary N) is 1. The van der Waals surface area contributed by atoms with Crippen LogP contribution in [0.3, 0.4) is 0 Å². The molecule has 1 amide bonds. The van der Waals surface area contributed by atoms with Crippen LogP contribution in [0.4, 0.5) is 5.69 Å². The van der Waals surface area contributed by atoms with E-state index in [9.17, 15) is 13.2 Å². The van der Waals surface area contributed by atoms with E-state index >= 15 is 0 Å². The Labute approximate surface area is 206 Å². The van der Waals surface area contributed by atoms with Crippen molar-refractivity contribution in [2.24, 2.45) is 0 Å². The first-order valence-corrected chi connectivity index (χ1v) is 13.1. The van der Waals surface area contributed by atoms with E-state index in [1.54, 1.807) is 24.3 Å². The minimum absolute atomic E-state index is 0.0795. The second-order valence-corrected chi connectivity index (χ2v) is 10.6. The van der Waals surface area contributed by atoms with Gasteiger partial charge in [0.05, 0.1) is 10.6 Å². The van der Waals surface area contributed by atoms with E-state index in [1.807, 2.05) is 48.2 Å². The topological polar surface area (TPSA) is 69.7 Å². The third kappa shape index (κ3) is 5.97. The largest absolute Gasteiger partial charge is 0.337 e. The number of aryl methyl sites for hydroxylation is 1. The number of sulfonamides is 1. The Hall–Kier alpha value is -2.87. The first-order chi connectivity index (χ1) is 16.3. The van der Waals surface area contributed by atoms with Crippen LogP contribution in [0.15, 0.2) is 77.7 Å². The number of benzene rings is 3. The molecule has 1 saturated heterocycles. The molecule has 3 aromatic carbocycles. The summed E-state index contributed by atoms with van der Waals surface area (Å²) in [5, 5.41) is 0.723. The Morgan fingerprint density at radius 1 is 0.912 bits per heavy atom. The molecule has 1 aliphatic heterocycles. The number of hydrogen-bond donors (Lipinski definition) is 1. The van der Waals surface area contributed by atoms with Crippen LogP contribution in [0.1, 0.15) is 27.9 Å². The lowest BCUT2D eigenvalue weighted by atomic mass is 10.2. The molecule has 8 heteroatoms. The molecule has 0 saturated carbocycles. The van der Waals surface area contributed by atoms with E-state index in [4.69, 9.17) is 11.6 Å². The number of amides is 1. The highest BCUT2D eigenvalue weighted by atomic mass is 35.5. The maximum atomic E-state index is 13.1. The van der Waals surface area contributed by atoms with Crippen molar-refractivity contribution in [1.82, 2.24) is 9.80 Å². The molecule has 34 heavy (non-hydrogen) atoms. The minimum atomic E-state index is -3.74. The fraction of sp³-hybridized carbons (Fsp3) is 0.269. The summed E-state index contributed by atoms with van der Waals surface area (Å²) in [4.78, 5) is 17.4. The van der Waals surface area contributed by atoms with Gasteiger partial charge in [-0.2, -0.15) is 0 Å². The fourth-order valence-corrected chi connectivity index (χ4v) is 5.29. The second-order valence-electron chi connectivity index (χ2n) is 8.49. The zero-order chi connectivity index (χ0) is 24.1. The number of rotatable bonds is 6. The molecule has 1 aliphatic rings. The fourth-order valence-electron chi connectivity index (χ4n) is 4.03. The van der Waals surface area contributed by atoms with E-state index in [-0.39, 0.29) is 10.8 Å². The molecule has 0 unspecified atom stereocenters. The SMILES string of the molecule is Cc1ccccc1NS(=O)(=O)c1ccc(C(=O)N2CCCN(Cc3ccc(Cl)cc3)CC2)cc1. The highest BCUT2D eigenvalue weighted by molar-refractivity contribution is 7.92. The van der Waals surface area contributed by atoms with E-state index < -0.39 is 10.0 Å². The first-order valence-electron chi connectivity index (χ1n) is 11.3. The zero-order valence-electron chi connectivity index (χ0n) is 19.1. The molecule has 3 aromatic rings. The molecule has 4 rings (SSSR count). The van der Waals surface area contributed by atoms with Gasteiger partial charge in [-0.15, -0.1) is 0 Å². The van der Waals surface area contributed by atoms with Crippen LogP contribution in [0.2, 0.25) is 5.02 Å². The van der Waals surface area contributed by atoms with Gasteiger partial charge in [-0.3, -0.25) is 14.4 Å². The summed E-state index contributed by atoms with van der Waals surface area (Å²) in [6.07, 6.45) is 0.881. The summed E-state index contributed by atoms with van der Waals surface area (Å²) >= 11 is 5.98. The molecule has 0 aliphatic carbocycles. The molecule has 1 heterocycles. The number of hydrogen-bond acceptors (Lipinski definition) is 4. The molecule has 178 valence electrons. The lowest BCUT2D eigenvalue weighted by Gasteiger charge is -2.22. The highest BCUT2D eigenvalue weighted by Gasteiger charge is 2.22. The summed E-state index contributed by atoms with van der Waals surface area (Å²) in [5.74, 6) is -0.0795. The Morgan fingerprint density at radius 2 is 1.62 bits per heavy atom. The van der Waals surface area contributed by atoms with Crippen molar-refractivity contribution in [3.05, 3.63) is 94.5 Å². The Bertz CT molecular complexity index is 1250. The van der Waals surface area contributed by atoms with Crippen LogP contribution >= 0.6 is 11.6 Å². The Balaban J connectivity index is 1.38. The molecular weight excluding hydrogens is 470 g/mol. The van der Waals surface area contributed by atoms with Gasteiger partial charge in [0.25, 0.3) is 15.9 Å². The van der Waals surface area contributed by atoms with Crippen LogP contribution in [0.5, 0.6) is 0 Å². The molecule has 0 bridgehead atoms. The lowest BCUT2D eigenvalue weighted by molar-refractivity contribution is 0.0761. The van der Waals surface area contributed by atoms with Gasteiger partial charge in [-0.25, -0.2) is 8.42 Å². The number of para-hydroxylation sites is 1. The summed E-state index contributed by atoms with van der Waals surface area (Å²) in [6, 6.07) is 21.2. The van der Waals surface area contributed by atoms with Crippen molar-refractivity contribution in [3.63, 3.8) is 0 Å². The summed E-state index contributed by atoms with van der Waals surface area (Å²) in [6.45, 7) is 5.65. The van der Waals surface area contributed by atoms with Gasteiger partial charge in [0.15, 0.2) is 0 Å². The average molecular weight is 498 g/mol. The maximum Gasteiger partial charge on any atom is 0.261 e. The van der Waals surface area contributed by atoms with Crippen molar-refractivity contribution in [2.75, 3.05) is 30.9 Å². The van der Waals surface area contributed by atoms with Gasteiger partial charge >= 0.3 is 0 Å². The summed E-state index contributed by atoms with van der Waals surface area (Å²) in [7, 11) is -3.74. The number of anilines is 1. The van der Waals surface area contributed by atoms with Crippen LogP contribution in [0, 0.1) is 6.92 Å². The van der Waals surface area contributed by atoms with Crippen molar-refractivity contribution in [2.45, 2.75) is 24.8 Å². The Morgan fingerprint density at radius 3 is 2.32 bits per heavy atom. The van der Waals surface area contributed by atoms with Gasteiger partial charge in [0.2, 0.25) is 0 Å². The number of carbonyl (C=O) groups is 1. The van der Waals surface area contributed by atoms with Crippen LogP contribution in [0.25, 0.3) is 0 Å². The molecule has 0 spiro atoms. The molecule has 0 aromatic heterocycles. The van der Waals surface area contributed by atoms with Crippen molar-refractivity contribution >= 4 is 33.2 Å². The Kier molecular flexibility index (Phi) is 7.56. The smallest absolute Gasteiger partial charge is 0.261 e. The third-order valence-corrected chi connectivity index (χ3v) is 7.63. The second kappa shape index (κ2) is 10.6. The molecule has 0 atom stereocenters. The standard InChI is InChI=1S/C26H28ClN3O3S/c1-20-5-2-3-6-25(20)28-34(32,33)24-13-9-22(10-14-24)26(31)30-16-4-15-29(17-18-30)19-21-7-11-23(27)12-8-21/h2-3,5-14,28H,4,15-19H2,1H3. The molecule has 1 N–H and O–H groups in total. The third-order valence-electron chi connectivity index (χ3n) is 6.00. The molecule has 1 fully saturated rings. The van der Waals surface area contributed by atoms with E-state index in [2.05, 4.69) is 9.62 Å². The van der Waals surface area contributed by atoms with Gasteiger partial charge in [0.1, 0.15) is 0 Å². The summed E-state index contributed by atoms with van der Waals surface area (Å²) < 4.78 is 28.2. The van der Waals surface area contributed by atoms with Gasteiger partial charge in [-0.1, -0.05) is 41.9 Å². The number of halogens is 1. The van der Waals surface area contributed by atoms with Crippen molar-refractivity contribution < 1.29 is 13.2 Å². The van der Waals surface area contributed by atoms with Gasteiger partial charge in [0, 0.05) is 43.3 Å². The predicted octanol–water partition coefficient (Wildman–Crippen LogP) is 4.80. The highest BCUT2D eigenvalue weighted by Crippen LogP contribution is 2.20. The number of carbonyl (C=O) groups excluding carboxylic acids is 1. The minimum Gasteiger partial charge on any atom is -0.337 e. The number of nitrogens with zero attached hydrogens (tertiary/aromatic N) is 2. The van der Waals surface area contributed by atoms with E-state index in [1.165, 1.54) is 17.7 Å². The maximum absolute atomic E-state index is 13.1. The lowest BCUT2D eigenvalue weighted by Crippen LogP contribution is -2.35. The van der Waals surface area contributed by atoms with Crippen LogP contribution < -0.4 is 4.72 Å². The summed E-state index contributed by atoms with van der Waals surface area (Å²) in [5.41, 5.74) is 3.06. The molecule has 0 radical (unpaired) electrons. The van der Waals surface area contributed by atoms with Crippen LogP contribution in [-0.2, 0) is 16.6 Å². The van der Waals surface area contributed by atoms with Crippen molar-refractivity contribution in [3.8, 4) is 0 Å². The van der Waals surface area contributed by atoms with Gasteiger partial charge in [-0.05, 0) is 66.9 Å². The monoisotopic (exact) mass is 497 g/mol. The first kappa shape index (κ1) is 24.3. The van der Waals surface area contributed by atoms with E-state index in [0.717, 1.165) is 36.6 Å². The van der Waals surface area contributed by atoms with Gasteiger partial charge < -0.3 is 4.90 Å². The molecular formula is C26H28ClN3O3S. The van der Waals surface area contributed by atoms with Crippen molar-refractivity contribution in [1.29, 1.82) is 0 Å². The average Bonchev–Trinajstić information content (AvgIpc) is 3.07. The normalized spacial score (nSPS) is 15.1. The zero-order valence-corrected chi connectivity index (χ0v) is 20.6.